The smallest absolute Gasteiger partial charge is 0.168 e. The van der Waals surface area contributed by atoms with E-state index < -0.39 is 0 Å². The van der Waals surface area contributed by atoms with E-state index in [-0.39, 0.29) is 0 Å². The van der Waals surface area contributed by atoms with E-state index in [0.29, 0.717) is 0 Å². The van der Waals surface area contributed by atoms with E-state index in [0.717, 1.165) is 89.9 Å². The van der Waals surface area contributed by atoms with Crippen LogP contribution in [-0.4, -0.2) is 29.3 Å². The first-order valence-electron chi connectivity index (χ1n) is 18.0. The van der Waals surface area contributed by atoms with Gasteiger partial charge in [0, 0.05) is 39.0 Å². The van der Waals surface area contributed by atoms with Gasteiger partial charge < -0.3 is 0 Å². The van der Waals surface area contributed by atoms with Crippen molar-refractivity contribution >= 4 is 21.9 Å². The number of imidazole rings is 1. The summed E-state index contributed by atoms with van der Waals surface area (Å²) in [6, 6.07) is 66.8. The van der Waals surface area contributed by atoms with Crippen LogP contribution in [0.15, 0.2) is 194 Å². The Morgan fingerprint density at radius 1 is 0.315 bits per heavy atom. The highest BCUT2D eigenvalue weighted by atomic mass is 15.3. The first-order valence-corrected chi connectivity index (χ1v) is 18.0. The first kappa shape index (κ1) is 31.3. The lowest BCUT2D eigenvalue weighted by atomic mass is 10.0. The molecular formula is C48H32N6. The molecular weight excluding hydrogens is 661 g/mol. The minimum Gasteiger partial charge on any atom is -0.290 e. The molecule has 0 unspecified atom stereocenters. The molecule has 0 N–H and O–H groups in total. The van der Waals surface area contributed by atoms with Gasteiger partial charge in [0.1, 0.15) is 16.9 Å². The van der Waals surface area contributed by atoms with Gasteiger partial charge in [-0.2, -0.15) is 0 Å². The van der Waals surface area contributed by atoms with Crippen LogP contribution in [0.1, 0.15) is 0 Å². The number of benzene rings is 7. The molecule has 7 aromatic carbocycles. The lowest BCUT2D eigenvalue weighted by Gasteiger charge is -2.13. The molecule has 254 valence electrons. The fourth-order valence-electron chi connectivity index (χ4n) is 7.28. The number of hydrogen-bond donors (Lipinski definition) is 0. The third kappa shape index (κ3) is 5.45. The third-order valence-corrected chi connectivity index (χ3v) is 9.88. The van der Waals surface area contributed by atoms with Crippen LogP contribution < -0.4 is 0 Å². The van der Waals surface area contributed by atoms with Gasteiger partial charge in [-0.3, -0.25) is 9.13 Å². The molecule has 0 atom stereocenters. The van der Waals surface area contributed by atoms with Crippen molar-refractivity contribution in [1.29, 1.82) is 0 Å². The highest BCUT2D eigenvalue weighted by Crippen LogP contribution is 2.38. The number of para-hydroxylation sites is 3. The van der Waals surface area contributed by atoms with E-state index in [1.165, 1.54) is 0 Å². The molecule has 0 spiro atoms. The molecule has 10 rings (SSSR count). The van der Waals surface area contributed by atoms with E-state index in [2.05, 4.69) is 159 Å². The maximum Gasteiger partial charge on any atom is 0.168 e. The average molecular weight is 693 g/mol. The van der Waals surface area contributed by atoms with Crippen LogP contribution in [-0.2, 0) is 0 Å². The minimum absolute atomic E-state index is 0.790. The second-order valence-electron chi connectivity index (χ2n) is 13.2. The SMILES string of the molecule is c1ccc(-c2nc3ccccc3c3nc(-c4ccc(-c5ccc(-c6nnc(-c7ccccc7)n6-c6ccccc6)cc5)cc4)n(-c4ccccc4)c23)cc1. The quantitative estimate of drug-likeness (QED) is 0.167. The van der Waals surface area contributed by atoms with E-state index in [1.807, 2.05) is 54.6 Å². The van der Waals surface area contributed by atoms with Crippen LogP contribution in [0.25, 0.3) is 89.9 Å². The molecule has 0 saturated heterocycles. The highest BCUT2D eigenvalue weighted by Gasteiger charge is 2.22. The Balaban J connectivity index is 1.06. The predicted molar refractivity (Wildman–Crippen MR) is 218 cm³/mol. The molecule has 3 aromatic heterocycles. The second-order valence-corrected chi connectivity index (χ2v) is 13.2. The third-order valence-electron chi connectivity index (χ3n) is 9.88. The van der Waals surface area contributed by atoms with Gasteiger partial charge in [0.15, 0.2) is 11.6 Å². The van der Waals surface area contributed by atoms with Crippen molar-refractivity contribution in [3.63, 3.8) is 0 Å². The molecule has 0 aliphatic carbocycles. The van der Waals surface area contributed by atoms with Crippen molar-refractivity contribution in [3.8, 4) is 67.9 Å². The Bertz CT molecular complexity index is 2880. The van der Waals surface area contributed by atoms with E-state index >= 15 is 0 Å². The number of nitrogens with zero attached hydrogens (tertiary/aromatic N) is 6. The minimum atomic E-state index is 0.790. The zero-order valence-electron chi connectivity index (χ0n) is 29.2. The molecule has 54 heavy (non-hydrogen) atoms. The number of rotatable bonds is 7. The van der Waals surface area contributed by atoms with Gasteiger partial charge in [-0.25, -0.2) is 9.97 Å². The lowest BCUT2D eigenvalue weighted by Crippen LogP contribution is -2.00. The normalized spacial score (nSPS) is 11.3. The Hall–Kier alpha value is -7.44. The summed E-state index contributed by atoms with van der Waals surface area (Å²) in [5, 5.41) is 10.4. The summed E-state index contributed by atoms with van der Waals surface area (Å²) in [5.41, 5.74) is 12.1. The molecule has 0 saturated carbocycles. The Labute approximate surface area is 312 Å². The zero-order chi connectivity index (χ0) is 35.8. The van der Waals surface area contributed by atoms with Crippen LogP contribution in [0.4, 0.5) is 0 Å². The van der Waals surface area contributed by atoms with Gasteiger partial charge in [0.2, 0.25) is 0 Å². The maximum atomic E-state index is 5.39. The Kier molecular flexibility index (Phi) is 7.69. The largest absolute Gasteiger partial charge is 0.290 e. The summed E-state index contributed by atoms with van der Waals surface area (Å²) in [6.45, 7) is 0. The Morgan fingerprint density at radius 3 is 1.31 bits per heavy atom. The van der Waals surface area contributed by atoms with Gasteiger partial charge in [0.05, 0.1) is 11.2 Å². The van der Waals surface area contributed by atoms with E-state index in [9.17, 15) is 0 Å². The van der Waals surface area contributed by atoms with Crippen molar-refractivity contribution in [2.45, 2.75) is 0 Å². The molecule has 0 radical (unpaired) electrons. The van der Waals surface area contributed by atoms with Gasteiger partial charge in [-0.15, -0.1) is 10.2 Å². The second kappa shape index (κ2) is 13.3. The summed E-state index contributed by atoms with van der Waals surface area (Å²) < 4.78 is 4.38. The average Bonchev–Trinajstić information content (AvgIpc) is 3.89. The molecule has 6 heteroatoms. The van der Waals surface area contributed by atoms with Crippen LogP contribution in [0.2, 0.25) is 0 Å². The summed E-state index contributed by atoms with van der Waals surface area (Å²) in [4.78, 5) is 10.6. The molecule has 3 heterocycles. The molecule has 0 aliphatic heterocycles. The van der Waals surface area contributed by atoms with Crippen molar-refractivity contribution in [2.75, 3.05) is 0 Å². The van der Waals surface area contributed by atoms with E-state index in [4.69, 9.17) is 9.97 Å². The highest BCUT2D eigenvalue weighted by molar-refractivity contribution is 6.09. The van der Waals surface area contributed by atoms with Gasteiger partial charge in [-0.1, -0.05) is 164 Å². The number of aromatic nitrogens is 6. The van der Waals surface area contributed by atoms with Crippen LogP contribution in [0.5, 0.6) is 0 Å². The van der Waals surface area contributed by atoms with Crippen LogP contribution in [0, 0.1) is 0 Å². The Morgan fingerprint density at radius 2 is 0.741 bits per heavy atom. The van der Waals surface area contributed by atoms with Crippen molar-refractivity contribution in [2.24, 2.45) is 0 Å². The maximum absolute atomic E-state index is 5.39. The van der Waals surface area contributed by atoms with Crippen molar-refractivity contribution < 1.29 is 0 Å². The molecule has 6 nitrogen and oxygen atoms in total. The summed E-state index contributed by atoms with van der Waals surface area (Å²) in [5.74, 6) is 2.46. The number of hydrogen-bond acceptors (Lipinski definition) is 4. The van der Waals surface area contributed by atoms with E-state index in [1.54, 1.807) is 0 Å². The molecule has 0 fully saturated rings. The fraction of sp³-hybridized carbons (Fsp3) is 0. The standard InChI is InChI=1S/C48H32N6/c1-5-15-35(16-6-1)43-45-44(41-23-13-14-24-42(41)49-43)50-46(53(45)39-19-9-3-10-20-39)37-29-25-33(26-30-37)34-27-31-38(32-28-34)48-52-51-47(36-17-7-2-8-18-36)54(48)40-21-11-4-12-22-40/h1-32H. The summed E-state index contributed by atoms with van der Waals surface area (Å²) in [6.07, 6.45) is 0. The lowest BCUT2D eigenvalue weighted by molar-refractivity contribution is 1.07. The monoisotopic (exact) mass is 692 g/mol. The molecule has 0 aliphatic rings. The summed E-state index contributed by atoms with van der Waals surface area (Å²) >= 11 is 0. The van der Waals surface area contributed by atoms with Crippen LogP contribution in [0.3, 0.4) is 0 Å². The van der Waals surface area contributed by atoms with Crippen LogP contribution >= 0.6 is 0 Å². The topological polar surface area (TPSA) is 61.4 Å². The zero-order valence-corrected chi connectivity index (χ0v) is 29.2. The van der Waals surface area contributed by atoms with Crippen molar-refractivity contribution in [1.82, 2.24) is 29.3 Å². The molecule has 0 amide bonds. The van der Waals surface area contributed by atoms with Crippen molar-refractivity contribution in [3.05, 3.63) is 194 Å². The summed E-state index contributed by atoms with van der Waals surface area (Å²) in [7, 11) is 0. The molecule has 10 aromatic rings. The van der Waals surface area contributed by atoms with Gasteiger partial charge in [-0.05, 0) is 41.5 Å². The van der Waals surface area contributed by atoms with Gasteiger partial charge >= 0.3 is 0 Å². The first-order chi connectivity index (χ1) is 26.8. The number of pyridine rings is 1. The fourth-order valence-corrected chi connectivity index (χ4v) is 7.28. The molecule has 0 bridgehead atoms. The predicted octanol–water partition coefficient (Wildman–Crippen LogP) is 11.5. The van der Waals surface area contributed by atoms with Gasteiger partial charge in [0.25, 0.3) is 0 Å². The number of fused-ring (bicyclic) bond motifs is 3.